The molecule has 0 aliphatic carbocycles. The largest absolute Gasteiger partial charge is 0.339 e. The van der Waals surface area contributed by atoms with Crippen molar-refractivity contribution in [2.75, 3.05) is 104 Å². The molecule has 12 amide bonds. The minimum absolute atomic E-state index is 0. The monoisotopic (exact) mass is 1690 g/mol. The van der Waals surface area contributed by atoms with E-state index in [9.17, 15) is 43.2 Å². The molecule has 2 saturated heterocycles. The number of rotatable bonds is 21. The van der Waals surface area contributed by atoms with Crippen molar-refractivity contribution in [3.05, 3.63) is 214 Å². The molecule has 2 fully saturated rings. The van der Waals surface area contributed by atoms with Crippen LogP contribution in [0.15, 0.2) is 147 Å². The second-order valence-corrected chi connectivity index (χ2v) is 33.0. The number of likely N-dealkylation sites (tertiary alicyclic amines) is 2. The molecule has 640 valence electrons. The Morgan fingerprint density at radius 2 is 0.748 bits per heavy atom. The molecule has 119 heavy (non-hydrogen) atoms. The molecule has 3 aromatic heterocycles. The van der Waals surface area contributed by atoms with E-state index in [0.717, 1.165) is 61.6 Å². The first-order valence-corrected chi connectivity index (χ1v) is 39.4. The van der Waals surface area contributed by atoms with Crippen LogP contribution in [0.3, 0.4) is 0 Å². The number of carbonyl (C=O) groups is 9. The van der Waals surface area contributed by atoms with Crippen molar-refractivity contribution in [1.29, 1.82) is 0 Å². The van der Waals surface area contributed by atoms with Crippen molar-refractivity contribution in [1.82, 2.24) is 89.4 Å². The second-order valence-electron chi connectivity index (χ2n) is 33.0. The smallest absolute Gasteiger partial charge is 0.319 e. The Labute approximate surface area is 719 Å². The summed E-state index contributed by atoms with van der Waals surface area (Å²) in [5, 5.41) is 32.4. The van der Waals surface area contributed by atoms with Crippen LogP contribution in [-0.2, 0) is 94.5 Å². The fourth-order valence-electron chi connectivity index (χ4n) is 16.9. The fourth-order valence-corrected chi connectivity index (χ4v) is 16.9. The molecule has 1 unspecified atom stereocenters. The lowest BCUT2D eigenvalue weighted by atomic mass is 9.95. The lowest BCUT2D eigenvalue weighted by Crippen LogP contribution is -2.49. The van der Waals surface area contributed by atoms with Crippen LogP contribution < -0.4 is 31.9 Å². The van der Waals surface area contributed by atoms with Gasteiger partial charge in [0.2, 0.25) is 29.5 Å². The number of nitrogens with zero attached hydrogens (tertiary/aromatic N) is 15. The maximum Gasteiger partial charge on any atom is 0.319 e. The van der Waals surface area contributed by atoms with Gasteiger partial charge >= 0.3 is 18.1 Å². The van der Waals surface area contributed by atoms with Crippen LogP contribution in [0.2, 0.25) is 0 Å². The third-order valence-electron chi connectivity index (χ3n) is 22.8. The summed E-state index contributed by atoms with van der Waals surface area (Å²) in [5.41, 5.74) is 8.79. The summed E-state index contributed by atoms with van der Waals surface area (Å²) in [7, 11) is 17.4. The van der Waals surface area contributed by atoms with Gasteiger partial charge in [0.15, 0.2) is 17.5 Å². The zero-order valence-electron chi connectivity index (χ0n) is 71.1. The number of fused-ring (bicyclic) bond motifs is 4. The van der Waals surface area contributed by atoms with Gasteiger partial charge in [0, 0.05) is 108 Å². The van der Waals surface area contributed by atoms with Crippen LogP contribution >= 0.6 is 40.5 Å². The van der Waals surface area contributed by atoms with Crippen molar-refractivity contribution in [3.8, 4) is 0 Å². The minimum Gasteiger partial charge on any atom is -0.339 e. The normalized spacial score (nSPS) is 17.0. The van der Waals surface area contributed by atoms with Crippen LogP contribution in [0.25, 0.3) is 0 Å². The number of nitrogens with one attached hydrogen (secondary N) is 6. The van der Waals surface area contributed by atoms with Gasteiger partial charge in [-0.05, 0) is 161 Å². The van der Waals surface area contributed by atoms with Crippen LogP contribution in [0.1, 0.15) is 151 Å². The van der Waals surface area contributed by atoms with E-state index in [0.29, 0.717) is 121 Å². The van der Waals surface area contributed by atoms with E-state index in [1.807, 2.05) is 218 Å². The molecule has 6 aliphatic heterocycles. The fraction of sp³-hybridized carbons (Fsp3) is 0.442. The van der Waals surface area contributed by atoms with Gasteiger partial charge in [-0.15, -0.1) is 0 Å². The van der Waals surface area contributed by atoms with E-state index in [4.69, 9.17) is 0 Å². The maximum atomic E-state index is 13.7. The lowest BCUT2D eigenvalue weighted by molar-refractivity contribution is -0.130. The summed E-state index contributed by atoms with van der Waals surface area (Å²) in [6.07, 6.45) is 5.65. The quantitative estimate of drug-likeness (QED) is 0.0365. The van der Waals surface area contributed by atoms with Gasteiger partial charge in [-0.2, -0.15) is 55.8 Å². The van der Waals surface area contributed by atoms with Crippen LogP contribution in [0.5, 0.6) is 0 Å². The van der Waals surface area contributed by atoms with E-state index in [2.05, 4.69) is 71.8 Å². The molecule has 13 rings (SSSR count). The number of hydrogen-bond donors (Lipinski definition) is 6. The Hall–Kier alpha value is -10.7. The van der Waals surface area contributed by atoms with Crippen molar-refractivity contribution in [2.45, 2.75) is 128 Å². The molecular formula is C86H119N21O9S3. The van der Waals surface area contributed by atoms with Crippen LogP contribution in [0, 0.1) is 11.8 Å². The molecule has 9 heterocycles. The number of piperidine rings is 1. The highest BCUT2D eigenvalue weighted by molar-refractivity contribution is 7.59. The predicted octanol–water partition coefficient (Wildman–Crippen LogP) is 9.40. The first-order chi connectivity index (χ1) is 55.0. The number of hydrogen-bond acceptors (Lipinski definition) is 15. The molecule has 33 heteroatoms. The summed E-state index contributed by atoms with van der Waals surface area (Å²) in [6, 6.07) is 34.2. The third-order valence-corrected chi connectivity index (χ3v) is 22.8. The lowest BCUT2D eigenvalue weighted by Gasteiger charge is -2.34. The number of benzene rings is 4. The van der Waals surface area contributed by atoms with E-state index < -0.39 is 16.6 Å². The zero-order chi connectivity index (χ0) is 84.0. The number of aryl methyl sites for hydroxylation is 3. The predicted molar refractivity (Wildman–Crippen MR) is 476 cm³/mol. The number of carbonyl (C=O) groups excluding carboxylic acids is 9. The Morgan fingerprint density at radius 3 is 1.11 bits per heavy atom. The molecule has 0 saturated carbocycles. The molecule has 0 radical (unpaired) electrons. The number of urea groups is 3. The first kappa shape index (κ1) is 93.8. The van der Waals surface area contributed by atoms with Gasteiger partial charge in [-0.3, -0.25) is 42.8 Å². The van der Waals surface area contributed by atoms with Crippen molar-refractivity contribution in [3.63, 3.8) is 0 Å². The van der Waals surface area contributed by atoms with Crippen LogP contribution in [-0.4, -0.2) is 215 Å². The highest BCUT2D eigenvalue weighted by Crippen LogP contribution is 2.46. The highest BCUT2D eigenvalue weighted by Gasteiger charge is 2.49. The van der Waals surface area contributed by atoms with E-state index in [1.165, 1.54) is 18.2 Å². The molecule has 0 bridgehead atoms. The van der Waals surface area contributed by atoms with Crippen molar-refractivity contribution < 1.29 is 43.2 Å². The SMILES string of the molecule is C=CC(=O)N1CCC(C(=O)Nc2nn(C)c3c2CN(C(=O)N[C@H](CN(C)C)c2ccccc2)C3(C)C)C1.C=CC(=O)N1CCC(C(=O)Nc2nn(C)c3c2CN(C(=O)N[C@H](CN(C)C)c2ccccc2)C3(C)C)CC1.C=CC(=O)N1Cc2ccc(C(=O)Nc3nn(C)c4c3CN(C(=O)N[C@H](CN(C)C)c3ccccc3)C4(C)C)cc2C1.S.S.S. The molecule has 0 spiro atoms. The van der Waals surface area contributed by atoms with Crippen LogP contribution in [0.4, 0.5) is 31.8 Å². The Bertz CT molecular complexity index is 4860. The number of aromatic nitrogens is 6. The average molecular weight is 1690 g/mol. The zero-order valence-corrected chi connectivity index (χ0v) is 74.1. The van der Waals surface area contributed by atoms with Gasteiger partial charge in [0.25, 0.3) is 5.91 Å². The molecule has 6 N–H and O–H groups in total. The summed E-state index contributed by atoms with van der Waals surface area (Å²) in [5.74, 6) is -0.0900. The second kappa shape index (κ2) is 39.4. The Balaban J connectivity index is 0.000000220. The van der Waals surface area contributed by atoms with Gasteiger partial charge in [0.1, 0.15) is 0 Å². The van der Waals surface area contributed by atoms with Gasteiger partial charge in [-0.1, -0.05) is 117 Å². The maximum absolute atomic E-state index is 13.7. The molecule has 4 aromatic carbocycles. The number of likely N-dealkylation sites (N-methyl/N-ethyl adjacent to an activating group) is 3. The van der Waals surface area contributed by atoms with Crippen molar-refractivity contribution >= 4 is 111 Å². The van der Waals surface area contributed by atoms with E-state index in [-0.39, 0.29) is 124 Å². The topological polar surface area (TPSA) is 308 Å². The van der Waals surface area contributed by atoms with E-state index >= 15 is 0 Å². The minimum atomic E-state index is -0.655. The first-order valence-electron chi connectivity index (χ1n) is 39.4. The molecular weight excluding hydrogens is 1570 g/mol. The van der Waals surface area contributed by atoms with Gasteiger partial charge < -0.3 is 76.0 Å². The summed E-state index contributed by atoms with van der Waals surface area (Å²) in [4.78, 5) is 133. The molecule has 7 aromatic rings. The summed E-state index contributed by atoms with van der Waals surface area (Å²) in [6.45, 7) is 28.4. The molecule has 6 aliphatic rings. The van der Waals surface area contributed by atoms with E-state index in [1.54, 1.807) is 49.5 Å². The molecule has 30 nitrogen and oxygen atoms in total. The number of anilines is 3. The average Bonchev–Trinajstić information content (AvgIpc) is 1.59. The Morgan fingerprint density at radius 1 is 0.429 bits per heavy atom. The third kappa shape index (κ3) is 20.8. The summed E-state index contributed by atoms with van der Waals surface area (Å²) >= 11 is 0. The summed E-state index contributed by atoms with van der Waals surface area (Å²) < 4.78 is 5.25. The van der Waals surface area contributed by atoms with Gasteiger partial charge in [-0.25, -0.2) is 14.4 Å². The van der Waals surface area contributed by atoms with Gasteiger partial charge in [0.05, 0.1) is 77.4 Å². The highest BCUT2D eigenvalue weighted by atomic mass is 32.1. The molecule has 4 atom stereocenters. The standard InChI is InChI=1S/C31H37N7O3.C28H39N7O3.C27H37N7O3.3H2S/c1-7-26(39)37-16-22-14-13-21(15-23(22)17-37)29(40)33-28-24-18-38(31(2,3)27(24)36(6)34-28)30(41)32-25(19-35(4)5)20-11-9-8-10-12-20;1-7-23(36)34-15-13-20(14-16-34)26(37)30-25-21-17-35(28(2,3)24(21)33(6)31-25)27(38)29-22(18-32(4)5)19-11-9-8-10-12-19;1-7-22(35)33-14-13-19(15-33)25(36)29-24-20-16-34(27(2,3)23(20)32(6)30-24)26(37)28-21(17-31(4)5)18-11-9-8-10-12-18;;;/h7-15,25H,1,16-19H2,2-6H3,(H,32,41)(H,33,34,40);7-12,20,22H,1,13-18H2,2-6H3,(H,29,38)(H,30,31,37);7-12,19,21H,1,13-17H2,2-6H3,(H,28,37)(H,29,30,36);3*1H2/t25-;22-;19?,21-;;;/m111.../s1. The number of amides is 12. The van der Waals surface area contributed by atoms with Crippen molar-refractivity contribution in [2.24, 2.45) is 33.0 Å². The Kier molecular flexibility index (Phi) is 31.1.